The SMILES string of the molecule is O=C1CCNC2CCCCCCCC12. The number of Topliss-reactive ketones (excluding diaryl/α,β-unsaturated/α-hetero) is 1. The summed E-state index contributed by atoms with van der Waals surface area (Å²) >= 11 is 0. The molecular formula is C12H21NO. The molecule has 2 atom stereocenters. The molecule has 14 heavy (non-hydrogen) atoms. The van der Waals surface area contributed by atoms with Crippen LogP contribution < -0.4 is 5.32 Å². The van der Waals surface area contributed by atoms with Crippen LogP contribution in [0.2, 0.25) is 0 Å². The van der Waals surface area contributed by atoms with Gasteiger partial charge in [-0.3, -0.25) is 4.79 Å². The summed E-state index contributed by atoms with van der Waals surface area (Å²) in [5.41, 5.74) is 0. The molecule has 1 aliphatic heterocycles. The van der Waals surface area contributed by atoms with Crippen molar-refractivity contribution >= 4 is 5.78 Å². The molecule has 0 radical (unpaired) electrons. The molecule has 0 aromatic rings. The Kier molecular flexibility index (Phi) is 3.57. The second-order valence-corrected chi connectivity index (χ2v) is 4.73. The first-order valence-corrected chi connectivity index (χ1v) is 6.14. The Hall–Kier alpha value is -0.370. The Morgan fingerprint density at radius 1 is 1.00 bits per heavy atom. The number of carbonyl (C=O) groups is 1. The highest BCUT2D eigenvalue weighted by molar-refractivity contribution is 5.82. The van der Waals surface area contributed by atoms with Gasteiger partial charge in [-0.15, -0.1) is 0 Å². The summed E-state index contributed by atoms with van der Waals surface area (Å²) in [7, 11) is 0. The van der Waals surface area contributed by atoms with Gasteiger partial charge < -0.3 is 5.32 Å². The number of rotatable bonds is 0. The molecule has 0 amide bonds. The molecule has 1 saturated heterocycles. The Morgan fingerprint density at radius 3 is 2.57 bits per heavy atom. The summed E-state index contributed by atoms with van der Waals surface area (Å²) in [5.74, 6) is 0.873. The van der Waals surface area contributed by atoms with Crippen LogP contribution in [-0.4, -0.2) is 18.4 Å². The highest BCUT2D eigenvalue weighted by Gasteiger charge is 2.30. The summed E-state index contributed by atoms with van der Waals surface area (Å²) in [5, 5.41) is 3.53. The number of hydrogen-bond donors (Lipinski definition) is 1. The van der Waals surface area contributed by atoms with Gasteiger partial charge in [0.2, 0.25) is 0 Å². The number of ketones is 1. The van der Waals surface area contributed by atoms with Gasteiger partial charge in [0, 0.05) is 24.9 Å². The van der Waals surface area contributed by atoms with Gasteiger partial charge in [-0.25, -0.2) is 0 Å². The number of fused-ring (bicyclic) bond motifs is 1. The largest absolute Gasteiger partial charge is 0.313 e. The predicted octanol–water partition coefficient (Wildman–Crippen LogP) is 2.28. The van der Waals surface area contributed by atoms with E-state index in [4.69, 9.17) is 0 Å². The molecule has 80 valence electrons. The molecule has 1 saturated carbocycles. The maximum atomic E-state index is 11.8. The number of piperidine rings is 1. The third kappa shape index (κ3) is 2.35. The smallest absolute Gasteiger partial charge is 0.138 e. The second kappa shape index (κ2) is 4.92. The van der Waals surface area contributed by atoms with Crippen LogP contribution in [0.1, 0.15) is 51.4 Å². The molecule has 2 unspecified atom stereocenters. The first kappa shape index (κ1) is 10.2. The maximum absolute atomic E-state index is 11.8. The van der Waals surface area contributed by atoms with Crippen LogP contribution in [0, 0.1) is 5.92 Å². The van der Waals surface area contributed by atoms with E-state index in [-0.39, 0.29) is 0 Å². The van der Waals surface area contributed by atoms with Gasteiger partial charge in [0.25, 0.3) is 0 Å². The third-order valence-corrected chi connectivity index (χ3v) is 3.71. The van der Waals surface area contributed by atoms with E-state index in [9.17, 15) is 4.79 Å². The molecule has 1 N–H and O–H groups in total. The topological polar surface area (TPSA) is 29.1 Å². The fourth-order valence-electron chi connectivity index (χ4n) is 2.86. The van der Waals surface area contributed by atoms with Gasteiger partial charge >= 0.3 is 0 Å². The number of carbonyl (C=O) groups excluding carboxylic acids is 1. The zero-order valence-electron chi connectivity index (χ0n) is 8.93. The average Bonchev–Trinajstić information content (AvgIpc) is 2.30. The standard InChI is InChI=1S/C12H21NO/c14-12-8-9-13-11-7-5-3-1-2-4-6-10(11)12/h10-11,13H,1-9H2. The van der Waals surface area contributed by atoms with Crippen molar-refractivity contribution in [2.24, 2.45) is 5.92 Å². The molecular weight excluding hydrogens is 174 g/mol. The zero-order valence-corrected chi connectivity index (χ0v) is 8.93. The van der Waals surface area contributed by atoms with Crippen LogP contribution >= 0.6 is 0 Å². The van der Waals surface area contributed by atoms with E-state index in [0.717, 1.165) is 19.4 Å². The van der Waals surface area contributed by atoms with E-state index in [0.29, 0.717) is 17.7 Å². The van der Waals surface area contributed by atoms with Crippen molar-refractivity contribution in [1.82, 2.24) is 5.32 Å². The van der Waals surface area contributed by atoms with Crippen LogP contribution in [0.15, 0.2) is 0 Å². The molecule has 1 heterocycles. The van der Waals surface area contributed by atoms with Crippen molar-refractivity contribution in [2.75, 3.05) is 6.54 Å². The first-order chi connectivity index (χ1) is 6.88. The van der Waals surface area contributed by atoms with Gasteiger partial charge in [-0.05, 0) is 12.8 Å². The van der Waals surface area contributed by atoms with Crippen molar-refractivity contribution in [2.45, 2.75) is 57.4 Å². The normalized spacial score (nSPS) is 35.3. The molecule has 0 spiro atoms. The Bertz CT molecular complexity index is 202. The Balaban J connectivity index is 1.99. The van der Waals surface area contributed by atoms with Crippen LogP contribution in [0.25, 0.3) is 0 Å². The lowest BCUT2D eigenvalue weighted by Crippen LogP contribution is -2.46. The summed E-state index contributed by atoms with van der Waals surface area (Å²) in [6.07, 6.45) is 9.74. The summed E-state index contributed by atoms with van der Waals surface area (Å²) in [4.78, 5) is 11.8. The Morgan fingerprint density at radius 2 is 1.71 bits per heavy atom. The van der Waals surface area contributed by atoms with Crippen molar-refractivity contribution < 1.29 is 4.79 Å². The third-order valence-electron chi connectivity index (χ3n) is 3.71. The van der Waals surface area contributed by atoms with E-state index < -0.39 is 0 Å². The highest BCUT2D eigenvalue weighted by atomic mass is 16.1. The summed E-state index contributed by atoms with van der Waals surface area (Å²) in [6, 6.07) is 0.509. The molecule has 1 aliphatic carbocycles. The molecule has 0 aromatic carbocycles. The van der Waals surface area contributed by atoms with Crippen LogP contribution in [-0.2, 0) is 4.79 Å². The van der Waals surface area contributed by atoms with Crippen LogP contribution in [0.5, 0.6) is 0 Å². The lowest BCUT2D eigenvalue weighted by atomic mass is 9.84. The second-order valence-electron chi connectivity index (χ2n) is 4.73. The highest BCUT2D eigenvalue weighted by Crippen LogP contribution is 2.26. The van der Waals surface area contributed by atoms with Crippen LogP contribution in [0.3, 0.4) is 0 Å². The quantitative estimate of drug-likeness (QED) is 0.642. The Labute approximate surface area is 86.5 Å². The van der Waals surface area contributed by atoms with Crippen LogP contribution in [0.4, 0.5) is 0 Å². The minimum Gasteiger partial charge on any atom is -0.313 e. The van der Waals surface area contributed by atoms with Crippen molar-refractivity contribution in [1.29, 1.82) is 0 Å². The molecule has 0 aromatic heterocycles. The molecule has 0 bridgehead atoms. The fraction of sp³-hybridized carbons (Fsp3) is 0.917. The minimum absolute atomic E-state index is 0.349. The van der Waals surface area contributed by atoms with Gasteiger partial charge in [0.1, 0.15) is 5.78 Å². The summed E-state index contributed by atoms with van der Waals surface area (Å²) in [6.45, 7) is 0.917. The van der Waals surface area contributed by atoms with Gasteiger partial charge in [-0.1, -0.05) is 32.1 Å². The fourth-order valence-corrected chi connectivity index (χ4v) is 2.86. The lowest BCUT2D eigenvalue weighted by molar-refractivity contribution is -0.125. The molecule has 2 heteroatoms. The zero-order chi connectivity index (χ0) is 9.80. The minimum atomic E-state index is 0.349. The summed E-state index contributed by atoms with van der Waals surface area (Å²) < 4.78 is 0. The number of nitrogens with one attached hydrogen (secondary N) is 1. The van der Waals surface area contributed by atoms with Crippen molar-refractivity contribution in [3.63, 3.8) is 0 Å². The van der Waals surface area contributed by atoms with Crippen molar-refractivity contribution in [3.8, 4) is 0 Å². The van der Waals surface area contributed by atoms with E-state index in [2.05, 4.69) is 5.32 Å². The van der Waals surface area contributed by atoms with E-state index in [1.54, 1.807) is 0 Å². The van der Waals surface area contributed by atoms with Gasteiger partial charge in [0.05, 0.1) is 0 Å². The average molecular weight is 195 g/mol. The molecule has 2 fully saturated rings. The van der Waals surface area contributed by atoms with E-state index >= 15 is 0 Å². The number of hydrogen-bond acceptors (Lipinski definition) is 2. The molecule has 2 rings (SSSR count). The molecule has 2 aliphatic rings. The molecule has 2 nitrogen and oxygen atoms in total. The van der Waals surface area contributed by atoms with Crippen molar-refractivity contribution in [3.05, 3.63) is 0 Å². The van der Waals surface area contributed by atoms with Gasteiger partial charge in [-0.2, -0.15) is 0 Å². The van der Waals surface area contributed by atoms with Gasteiger partial charge in [0.15, 0.2) is 0 Å². The first-order valence-electron chi connectivity index (χ1n) is 6.14. The maximum Gasteiger partial charge on any atom is 0.138 e. The van der Waals surface area contributed by atoms with E-state index in [1.807, 2.05) is 0 Å². The lowest BCUT2D eigenvalue weighted by Gasteiger charge is -2.31. The monoisotopic (exact) mass is 195 g/mol. The predicted molar refractivity (Wildman–Crippen MR) is 57.2 cm³/mol. The van der Waals surface area contributed by atoms with E-state index in [1.165, 1.54) is 38.5 Å².